The Bertz CT molecular complexity index is 483. The molecule has 2 heterocycles. The van der Waals surface area contributed by atoms with Crippen molar-refractivity contribution in [2.45, 2.75) is 63.0 Å². The molecule has 1 saturated carbocycles. The molecule has 24 heavy (non-hydrogen) atoms. The molecular formula is C16H26O8. The number of cyclic esters (lactones) is 1. The Morgan fingerprint density at radius 2 is 1.96 bits per heavy atom. The van der Waals surface area contributed by atoms with Crippen LogP contribution in [-0.2, 0) is 19.0 Å². The number of carbonyl (C=O) groups excluding carboxylic acids is 1. The monoisotopic (exact) mass is 346 g/mol. The lowest BCUT2D eigenvalue weighted by atomic mass is 9.79. The first-order valence-corrected chi connectivity index (χ1v) is 8.43. The van der Waals surface area contributed by atoms with Gasteiger partial charge in [-0.05, 0) is 25.7 Å². The van der Waals surface area contributed by atoms with E-state index < -0.39 is 42.9 Å². The summed E-state index contributed by atoms with van der Waals surface area (Å²) in [6.45, 7) is 3.48. The highest BCUT2D eigenvalue weighted by Gasteiger charge is 2.55. The van der Waals surface area contributed by atoms with Crippen molar-refractivity contribution in [1.82, 2.24) is 0 Å². The van der Waals surface area contributed by atoms with E-state index in [0.717, 1.165) is 6.42 Å². The lowest BCUT2D eigenvalue weighted by Crippen LogP contribution is -2.61. The van der Waals surface area contributed by atoms with Crippen molar-refractivity contribution < 1.29 is 39.4 Å². The van der Waals surface area contributed by atoms with Crippen LogP contribution in [0.25, 0.3) is 0 Å². The molecule has 0 amide bonds. The quantitative estimate of drug-likeness (QED) is 0.469. The highest BCUT2D eigenvalue weighted by atomic mass is 16.7. The molecule has 3 aliphatic rings. The number of hydrogen-bond acceptors (Lipinski definition) is 8. The largest absolute Gasteiger partial charge is 0.465 e. The average molecular weight is 346 g/mol. The van der Waals surface area contributed by atoms with Crippen molar-refractivity contribution >= 4 is 5.97 Å². The van der Waals surface area contributed by atoms with Crippen LogP contribution < -0.4 is 0 Å². The van der Waals surface area contributed by atoms with E-state index in [2.05, 4.69) is 0 Å². The van der Waals surface area contributed by atoms with Crippen LogP contribution in [0.3, 0.4) is 0 Å². The molecule has 3 rings (SSSR count). The maximum Gasteiger partial charge on any atom is 0.308 e. The average Bonchev–Trinajstić information content (AvgIpc) is 2.89. The Balaban J connectivity index is 1.74. The molecule has 0 aromatic carbocycles. The summed E-state index contributed by atoms with van der Waals surface area (Å²) in [5, 5.41) is 39.2. The van der Waals surface area contributed by atoms with Crippen LogP contribution in [0, 0.1) is 17.8 Å². The summed E-state index contributed by atoms with van der Waals surface area (Å²) in [6, 6.07) is 0. The van der Waals surface area contributed by atoms with E-state index in [1.165, 1.54) is 0 Å². The van der Waals surface area contributed by atoms with Crippen molar-refractivity contribution in [1.29, 1.82) is 0 Å². The SMILES string of the molecule is C[C@H]1C(=O)OC[C@H]2[C@@H]1CC[C@@]2(C)O[C@H]1O[C@H](CO)[C@@H](O)[C@H](O)[C@H]1O. The van der Waals surface area contributed by atoms with Gasteiger partial charge < -0.3 is 34.6 Å². The molecule has 4 N–H and O–H groups in total. The van der Waals surface area contributed by atoms with Crippen molar-refractivity contribution in [2.24, 2.45) is 17.8 Å². The Morgan fingerprint density at radius 1 is 1.25 bits per heavy atom. The molecule has 0 aromatic heterocycles. The number of aliphatic hydroxyl groups excluding tert-OH is 4. The minimum absolute atomic E-state index is 0.0300. The minimum Gasteiger partial charge on any atom is -0.465 e. The van der Waals surface area contributed by atoms with Gasteiger partial charge in [-0.3, -0.25) is 4.79 Å². The number of ether oxygens (including phenoxy) is 3. The summed E-state index contributed by atoms with van der Waals surface area (Å²) in [7, 11) is 0. The summed E-state index contributed by atoms with van der Waals surface area (Å²) >= 11 is 0. The molecule has 2 saturated heterocycles. The molecule has 0 spiro atoms. The van der Waals surface area contributed by atoms with E-state index in [9.17, 15) is 25.2 Å². The smallest absolute Gasteiger partial charge is 0.308 e. The predicted molar refractivity (Wildman–Crippen MR) is 79.6 cm³/mol. The zero-order valence-corrected chi connectivity index (χ0v) is 13.9. The maximum absolute atomic E-state index is 11.7. The molecule has 1 aliphatic carbocycles. The number of carbonyl (C=O) groups is 1. The Morgan fingerprint density at radius 3 is 2.62 bits per heavy atom. The zero-order valence-electron chi connectivity index (χ0n) is 13.9. The van der Waals surface area contributed by atoms with Crippen molar-refractivity contribution in [2.75, 3.05) is 13.2 Å². The second kappa shape index (κ2) is 6.51. The van der Waals surface area contributed by atoms with Gasteiger partial charge in [-0.15, -0.1) is 0 Å². The van der Waals surface area contributed by atoms with Gasteiger partial charge in [-0.2, -0.15) is 0 Å². The third-order valence-corrected chi connectivity index (χ3v) is 5.93. The molecule has 9 atom stereocenters. The Labute approximate surface area is 140 Å². The summed E-state index contributed by atoms with van der Waals surface area (Å²) in [5.41, 5.74) is -0.687. The molecular weight excluding hydrogens is 320 g/mol. The van der Waals surface area contributed by atoms with Gasteiger partial charge >= 0.3 is 5.97 Å². The number of hydrogen-bond donors (Lipinski definition) is 4. The van der Waals surface area contributed by atoms with E-state index in [-0.39, 0.29) is 30.3 Å². The van der Waals surface area contributed by atoms with Crippen molar-refractivity contribution in [3.05, 3.63) is 0 Å². The number of aliphatic hydroxyl groups is 4. The van der Waals surface area contributed by atoms with Crippen molar-refractivity contribution in [3.8, 4) is 0 Å². The molecule has 0 unspecified atom stereocenters. The molecule has 8 nitrogen and oxygen atoms in total. The Hall–Kier alpha value is -0.770. The van der Waals surface area contributed by atoms with Crippen LogP contribution in [0.5, 0.6) is 0 Å². The predicted octanol–water partition coefficient (Wildman–Crippen LogP) is -1.22. The van der Waals surface area contributed by atoms with Crippen LogP contribution in [0.4, 0.5) is 0 Å². The van der Waals surface area contributed by atoms with Crippen LogP contribution >= 0.6 is 0 Å². The van der Waals surface area contributed by atoms with Gasteiger partial charge in [0.05, 0.1) is 24.7 Å². The molecule has 138 valence electrons. The van der Waals surface area contributed by atoms with Gasteiger partial charge in [0.1, 0.15) is 24.4 Å². The molecule has 0 bridgehead atoms. The normalized spacial score (nSPS) is 52.0. The van der Waals surface area contributed by atoms with Gasteiger partial charge in [0.15, 0.2) is 6.29 Å². The van der Waals surface area contributed by atoms with Gasteiger partial charge in [0, 0.05) is 5.92 Å². The highest BCUT2D eigenvalue weighted by molar-refractivity contribution is 5.73. The summed E-state index contributed by atoms with van der Waals surface area (Å²) in [5.74, 6) is -0.295. The maximum atomic E-state index is 11.7. The highest BCUT2D eigenvalue weighted by Crippen LogP contribution is 2.49. The number of rotatable bonds is 3. The lowest BCUT2D eigenvalue weighted by Gasteiger charge is -2.45. The van der Waals surface area contributed by atoms with Crippen LogP contribution in [0.15, 0.2) is 0 Å². The fourth-order valence-electron chi connectivity index (χ4n) is 4.25. The summed E-state index contributed by atoms with van der Waals surface area (Å²) in [4.78, 5) is 11.7. The fourth-order valence-corrected chi connectivity index (χ4v) is 4.25. The molecule has 2 aliphatic heterocycles. The molecule has 3 fully saturated rings. The third kappa shape index (κ3) is 2.85. The van der Waals surface area contributed by atoms with Gasteiger partial charge in [0.2, 0.25) is 0 Å². The second-order valence-corrected chi connectivity index (χ2v) is 7.36. The lowest BCUT2D eigenvalue weighted by molar-refractivity contribution is -0.331. The first-order valence-electron chi connectivity index (χ1n) is 8.43. The minimum atomic E-state index is -1.47. The molecule has 0 radical (unpaired) electrons. The fraction of sp³-hybridized carbons (Fsp3) is 0.938. The number of esters is 1. The molecule has 0 aromatic rings. The first kappa shape index (κ1) is 18.0. The van der Waals surface area contributed by atoms with Crippen LogP contribution in [-0.4, -0.2) is 75.9 Å². The molecule has 8 heteroatoms. The van der Waals surface area contributed by atoms with E-state index in [4.69, 9.17) is 14.2 Å². The van der Waals surface area contributed by atoms with E-state index in [0.29, 0.717) is 6.42 Å². The topological polar surface area (TPSA) is 126 Å². The Kier molecular flexibility index (Phi) is 4.89. The van der Waals surface area contributed by atoms with E-state index >= 15 is 0 Å². The van der Waals surface area contributed by atoms with Gasteiger partial charge in [0.25, 0.3) is 0 Å². The summed E-state index contributed by atoms with van der Waals surface area (Å²) < 4.78 is 16.7. The van der Waals surface area contributed by atoms with E-state index in [1.807, 2.05) is 13.8 Å². The third-order valence-electron chi connectivity index (χ3n) is 5.93. The van der Waals surface area contributed by atoms with Crippen molar-refractivity contribution in [3.63, 3.8) is 0 Å². The van der Waals surface area contributed by atoms with E-state index in [1.54, 1.807) is 0 Å². The van der Waals surface area contributed by atoms with Crippen LogP contribution in [0.2, 0.25) is 0 Å². The standard InChI is InChI=1S/C16H26O8/c1-7-8-3-4-16(2,9(8)6-22-14(7)21)24-15-13(20)12(19)11(18)10(5-17)23-15/h7-13,15,17-20H,3-6H2,1-2H3/t7-,8-,9+,10-,11-,12+,13-,15-,16-/m1/s1. The van der Waals surface area contributed by atoms with Gasteiger partial charge in [-0.1, -0.05) is 6.92 Å². The van der Waals surface area contributed by atoms with Gasteiger partial charge in [-0.25, -0.2) is 0 Å². The van der Waals surface area contributed by atoms with Crippen LogP contribution in [0.1, 0.15) is 26.7 Å². The summed E-state index contributed by atoms with van der Waals surface area (Å²) in [6.07, 6.45) is -5.01. The first-order chi connectivity index (χ1) is 11.3. The zero-order chi connectivity index (χ0) is 17.6. The second-order valence-electron chi connectivity index (χ2n) is 7.36. The number of fused-ring (bicyclic) bond motifs is 1.